The fourth-order valence-corrected chi connectivity index (χ4v) is 3.40. The number of sulfonamides is 1. The molecule has 6 heteroatoms. The number of aryl methyl sites for hydroxylation is 1. The number of nitrogens with one attached hydrogen (secondary N) is 1. The summed E-state index contributed by atoms with van der Waals surface area (Å²) in [5, 5.41) is 0.610. The normalized spacial score (nSPS) is 11.8. The van der Waals surface area contributed by atoms with Crippen LogP contribution in [0.1, 0.15) is 31.7 Å². The molecule has 0 amide bonds. The molecular weight excluding hydrogens is 293 g/mol. The lowest BCUT2D eigenvalue weighted by Crippen LogP contribution is -2.25. The zero-order chi connectivity index (χ0) is 13.8. The van der Waals surface area contributed by atoms with E-state index in [1.807, 2.05) is 0 Å². The van der Waals surface area contributed by atoms with E-state index >= 15 is 0 Å². The molecule has 0 aliphatic carbocycles. The Balaban J connectivity index is 2.88. The second-order valence-electron chi connectivity index (χ2n) is 4.14. The molecule has 1 aromatic rings. The quantitative estimate of drug-likeness (QED) is 0.813. The van der Waals surface area contributed by atoms with Gasteiger partial charge in [0, 0.05) is 11.6 Å². The van der Waals surface area contributed by atoms with Gasteiger partial charge in [-0.25, -0.2) is 13.1 Å². The Morgan fingerprint density at radius 1 is 1.17 bits per heavy atom. The lowest BCUT2D eigenvalue weighted by Gasteiger charge is -2.10. The van der Waals surface area contributed by atoms with Gasteiger partial charge in [0.15, 0.2) is 0 Å². The number of benzene rings is 1. The molecule has 1 aromatic carbocycles. The summed E-state index contributed by atoms with van der Waals surface area (Å²) in [5.74, 6) is 0. The van der Waals surface area contributed by atoms with E-state index in [1.54, 1.807) is 6.92 Å². The van der Waals surface area contributed by atoms with Crippen molar-refractivity contribution in [1.29, 1.82) is 0 Å². The fraction of sp³-hybridized carbons (Fsp3) is 0.500. The molecule has 1 N–H and O–H groups in total. The molecule has 0 fully saturated rings. The average molecular weight is 310 g/mol. The van der Waals surface area contributed by atoms with Crippen LogP contribution in [0.5, 0.6) is 0 Å². The molecule has 18 heavy (non-hydrogen) atoms. The molecule has 0 aromatic heterocycles. The molecule has 0 aliphatic rings. The molecule has 0 atom stereocenters. The molecule has 102 valence electrons. The van der Waals surface area contributed by atoms with Crippen molar-refractivity contribution in [2.24, 2.45) is 0 Å². The van der Waals surface area contributed by atoms with Crippen LogP contribution < -0.4 is 4.72 Å². The number of halogens is 2. The first-order valence-electron chi connectivity index (χ1n) is 5.83. The third-order valence-corrected chi connectivity index (χ3v) is 4.91. The van der Waals surface area contributed by atoms with Crippen LogP contribution >= 0.6 is 23.2 Å². The van der Waals surface area contributed by atoms with Crippen molar-refractivity contribution in [3.05, 3.63) is 27.7 Å². The molecule has 3 nitrogen and oxygen atoms in total. The Kier molecular flexibility index (Phi) is 5.92. The summed E-state index contributed by atoms with van der Waals surface area (Å²) in [5.41, 5.74) is 0.690. The highest BCUT2D eigenvalue weighted by molar-refractivity contribution is 7.89. The van der Waals surface area contributed by atoms with Gasteiger partial charge in [0.05, 0.1) is 5.02 Å². The van der Waals surface area contributed by atoms with Crippen LogP contribution in [0.25, 0.3) is 0 Å². The molecular formula is C12H17Cl2NO2S. The fourth-order valence-electron chi connectivity index (χ4n) is 1.50. The minimum absolute atomic E-state index is 0.0857. The summed E-state index contributed by atoms with van der Waals surface area (Å²) >= 11 is 11.8. The summed E-state index contributed by atoms with van der Waals surface area (Å²) < 4.78 is 26.6. The number of unbranched alkanes of at least 4 members (excludes halogenated alkanes) is 2. The van der Waals surface area contributed by atoms with E-state index in [2.05, 4.69) is 11.6 Å². The Morgan fingerprint density at radius 2 is 1.83 bits per heavy atom. The first-order chi connectivity index (χ1) is 8.38. The zero-order valence-electron chi connectivity index (χ0n) is 10.5. The Labute approximate surface area is 119 Å². The van der Waals surface area contributed by atoms with Gasteiger partial charge in [0.1, 0.15) is 4.90 Å². The van der Waals surface area contributed by atoms with Gasteiger partial charge in [-0.1, -0.05) is 43.0 Å². The highest BCUT2D eigenvalue weighted by Gasteiger charge is 2.18. The molecule has 0 saturated carbocycles. The predicted octanol–water partition coefficient (Wildman–Crippen LogP) is 3.77. The molecule has 0 saturated heterocycles. The van der Waals surface area contributed by atoms with E-state index in [-0.39, 0.29) is 9.92 Å². The number of hydrogen-bond acceptors (Lipinski definition) is 2. The maximum atomic E-state index is 12.0. The standard InChI is InChI=1S/C12H17Cl2NO2S/c1-3-4-5-6-15-18(16,17)12-7-9(2)10(13)8-11(12)14/h7-8,15H,3-6H2,1-2H3. The summed E-state index contributed by atoms with van der Waals surface area (Å²) in [4.78, 5) is 0.0857. The van der Waals surface area contributed by atoms with Gasteiger partial charge in [0.2, 0.25) is 10.0 Å². The van der Waals surface area contributed by atoms with Crippen LogP contribution in [-0.2, 0) is 10.0 Å². The third kappa shape index (κ3) is 4.12. The van der Waals surface area contributed by atoms with Crippen LogP contribution in [0.15, 0.2) is 17.0 Å². The highest BCUT2D eigenvalue weighted by Crippen LogP contribution is 2.27. The van der Waals surface area contributed by atoms with E-state index in [9.17, 15) is 8.42 Å². The molecule has 0 heterocycles. The Morgan fingerprint density at radius 3 is 2.44 bits per heavy atom. The van der Waals surface area contributed by atoms with E-state index in [4.69, 9.17) is 23.2 Å². The van der Waals surface area contributed by atoms with Crippen LogP contribution in [0.4, 0.5) is 0 Å². The monoisotopic (exact) mass is 309 g/mol. The van der Waals surface area contributed by atoms with Crippen LogP contribution in [0, 0.1) is 6.92 Å². The summed E-state index contributed by atoms with van der Waals surface area (Å²) in [6, 6.07) is 2.95. The summed E-state index contributed by atoms with van der Waals surface area (Å²) in [6.07, 6.45) is 2.86. The maximum absolute atomic E-state index is 12.0. The Hall–Kier alpha value is -0.290. The van der Waals surface area contributed by atoms with Gasteiger partial charge < -0.3 is 0 Å². The first kappa shape index (κ1) is 15.8. The number of rotatable bonds is 6. The Bertz CT molecular complexity index is 515. The van der Waals surface area contributed by atoms with Gasteiger partial charge in [-0.2, -0.15) is 0 Å². The molecule has 0 unspecified atom stereocenters. The molecule has 0 bridgehead atoms. The van der Waals surface area contributed by atoms with E-state index in [1.165, 1.54) is 12.1 Å². The smallest absolute Gasteiger partial charge is 0.211 e. The SMILES string of the molecule is CCCCCNS(=O)(=O)c1cc(C)c(Cl)cc1Cl. The van der Waals surface area contributed by atoms with Gasteiger partial charge in [0.25, 0.3) is 0 Å². The van der Waals surface area contributed by atoms with E-state index < -0.39 is 10.0 Å². The van der Waals surface area contributed by atoms with Gasteiger partial charge in [-0.3, -0.25) is 0 Å². The minimum Gasteiger partial charge on any atom is -0.211 e. The maximum Gasteiger partial charge on any atom is 0.242 e. The number of hydrogen-bond donors (Lipinski definition) is 1. The lowest BCUT2D eigenvalue weighted by molar-refractivity contribution is 0.576. The van der Waals surface area contributed by atoms with Crippen molar-refractivity contribution in [3.63, 3.8) is 0 Å². The highest BCUT2D eigenvalue weighted by atomic mass is 35.5. The van der Waals surface area contributed by atoms with Gasteiger partial charge in [-0.05, 0) is 31.0 Å². The molecule has 0 radical (unpaired) electrons. The van der Waals surface area contributed by atoms with E-state index in [0.717, 1.165) is 19.3 Å². The second-order valence-corrected chi connectivity index (χ2v) is 6.69. The second kappa shape index (κ2) is 6.75. The summed E-state index contributed by atoms with van der Waals surface area (Å²) in [7, 11) is -3.55. The van der Waals surface area contributed by atoms with E-state index in [0.29, 0.717) is 17.1 Å². The van der Waals surface area contributed by atoms with Crippen molar-refractivity contribution >= 4 is 33.2 Å². The van der Waals surface area contributed by atoms with Crippen molar-refractivity contribution < 1.29 is 8.42 Å². The van der Waals surface area contributed by atoms with Crippen molar-refractivity contribution in [3.8, 4) is 0 Å². The molecule has 0 spiro atoms. The van der Waals surface area contributed by atoms with Gasteiger partial charge >= 0.3 is 0 Å². The lowest BCUT2D eigenvalue weighted by atomic mass is 10.2. The third-order valence-electron chi connectivity index (χ3n) is 2.58. The first-order valence-corrected chi connectivity index (χ1v) is 8.07. The largest absolute Gasteiger partial charge is 0.242 e. The topological polar surface area (TPSA) is 46.2 Å². The zero-order valence-corrected chi connectivity index (χ0v) is 12.8. The molecule has 1 rings (SSSR count). The predicted molar refractivity (Wildman–Crippen MR) is 75.9 cm³/mol. The minimum atomic E-state index is -3.55. The van der Waals surface area contributed by atoms with Crippen LogP contribution in [0.2, 0.25) is 10.0 Å². The van der Waals surface area contributed by atoms with Crippen molar-refractivity contribution in [2.45, 2.75) is 38.0 Å². The van der Waals surface area contributed by atoms with Crippen LogP contribution in [-0.4, -0.2) is 15.0 Å². The molecule has 0 aliphatic heterocycles. The van der Waals surface area contributed by atoms with Crippen LogP contribution in [0.3, 0.4) is 0 Å². The van der Waals surface area contributed by atoms with Gasteiger partial charge in [-0.15, -0.1) is 0 Å². The van der Waals surface area contributed by atoms with Crippen molar-refractivity contribution in [1.82, 2.24) is 4.72 Å². The summed E-state index contributed by atoms with van der Waals surface area (Å²) in [6.45, 7) is 4.23. The average Bonchev–Trinajstić information content (AvgIpc) is 2.29. The van der Waals surface area contributed by atoms with Crippen molar-refractivity contribution in [2.75, 3.05) is 6.54 Å².